The Labute approximate surface area is 104 Å². The van der Waals surface area contributed by atoms with E-state index in [4.69, 9.17) is 0 Å². The summed E-state index contributed by atoms with van der Waals surface area (Å²) in [5.41, 5.74) is 0.879. The molecule has 1 aromatic rings. The average molecular weight is 241 g/mol. The van der Waals surface area contributed by atoms with Gasteiger partial charge < -0.3 is 5.32 Å². The number of ketones is 2. The van der Waals surface area contributed by atoms with E-state index >= 15 is 0 Å². The summed E-state index contributed by atoms with van der Waals surface area (Å²) in [6, 6.07) is 8.94. The van der Waals surface area contributed by atoms with Gasteiger partial charge in [0.2, 0.25) is 5.91 Å². The van der Waals surface area contributed by atoms with Crippen LogP contribution in [-0.2, 0) is 14.4 Å². The van der Waals surface area contributed by atoms with E-state index in [9.17, 15) is 14.4 Å². The zero-order valence-electron chi connectivity index (χ0n) is 9.55. The number of benzene rings is 1. The van der Waals surface area contributed by atoms with Crippen molar-refractivity contribution in [2.75, 3.05) is 5.32 Å². The molecule has 0 bridgehead atoms. The van der Waals surface area contributed by atoms with Gasteiger partial charge in [-0.05, 0) is 30.4 Å². The van der Waals surface area contributed by atoms with Gasteiger partial charge >= 0.3 is 0 Å². The number of carbonyl (C=O) groups excluding carboxylic acids is 3. The third kappa shape index (κ3) is 3.01. The summed E-state index contributed by atoms with van der Waals surface area (Å²) in [7, 11) is 0. The number of anilines is 1. The van der Waals surface area contributed by atoms with Gasteiger partial charge in [-0.15, -0.1) is 0 Å². The van der Waals surface area contributed by atoms with E-state index in [0.717, 1.165) is 0 Å². The molecule has 0 spiro atoms. The molecule has 2 rings (SSSR count). The number of allylic oxidation sites excluding steroid dienone is 3. The molecule has 4 nitrogen and oxygen atoms in total. The Morgan fingerprint density at radius 3 is 2.50 bits per heavy atom. The molecular weight excluding hydrogens is 230 g/mol. The van der Waals surface area contributed by atoms with Crippen LogP contribution in [0, 0.1) is 0 Å². The molecule has 4 heteroatoms. The van der Waals surface area contributed by atoms with Crippen molar-refractivity contribution in [3.05, 3.63) is 54.1 Å². The third-order valence-corrected chi connectivity index (χ3v) is 2.44. The molecule has 1 aromatic carbocycles. The zero-order chi connectivity index (χ0) is 13.0. The van der Waals surface area contributed by atoms with Gasteiger partial charge in [0.15, 0.2) is 11.6 Å². The second-order valence-corrected chi connectivity index (χ2v) is 3.86. The van der Waals surface area contributed by atoms with Gasteiger partial charge in [0, 0.05) is 11.3 Å². The summed E-state index contributed by atoms with van der Waals surface area (Å²) in [5, 5.41) is 2.66. The van der Waals surface area contributed by atoms with Gasteiger partial charge in [0.25, 0.3) is 0 Å². The van der Waals surface area contributed by atoms with E-state index in [0.29, 0.717) is 5.69 Å². The number of hydrogen-bond donors (Lipinski definition) is 1. The topological polar surface area (TPSA) is 63.2 Å². The lowest BCUT2D eigenvalue weighted by molar-refractivity contribution is -0.118. The Bertz CT molecular complexity index is 556. The van der Waals surface area contributed by atoms with Crippen LogP contribution in [0.15, 0.2) is 54.1 Å². The molecule has 0 aliphatic heterocycles. The fourth-order valence-corrected chi connectivity index (χ4v) is 1.59. The van der Waals surface area contributed by atoms with Gasteiger partial charge in [-0.1, -0.05) is 18.2 Å². The maximum Gasteiger partial charge on any atom is 0.228 e. The highest BCUT2D eigenvalue weighted by molar-refractivity contribution is 6.19. The molecule has 18 heavy (non-hydrogen) atoms. The van der Waals surface area contributed by atoms with Crippen LogP contribution >= 0.6 is 0 Å². The van der Waals surface area contributed by atoms with Crippen LogP contribution in [0.5, 0.6) is 0 Å². The van der Waals surface area contributed by atoms with Crippen molar-refractivity contribution in [3.8, 4) is 0 Å². The van der Waals surface area contributed by atoms with Crippen molar-refractivity contribution in [2.24, 2.45) is 0 Å². The fourth-order valence-electron chi connectivity index (χ4n) is 1.59. The first-order valence-electron chi connectivity index (χ1n) is 5.47. The monoisotopic (exact) mass is 241 g/mol. The molecule has 1 aliphatic rings. The second kappa shape index (κ2) is 5.23. The third-order valence-electron chi connectivity index (χ3n) is 2.44. The van der Waals surface area contributed by atoms with E-state index in [2.05, 4.69) is 5.32 Å². The molecule has 1 amide bonds. The first-order chi connectivity index (χ1) is 8.65. The highest BCUT2D eigenvalue weighted by Gasteiger charge is 2.16. The number of rotatable bonds is 3. The van der Waals surface area contributed by atoms with Crippen molar-refractivity contribution in [1.29, 1.82) is 0 Å². The summed E-state index contributed by atoms with van der Waals surface area (Å²) in [4.78, 5) is 34.2. The summed E-state index contributed by atoms with van der Waals surface area (Å²) >= 11 is 0. The summed E-state index contributed by atoms with van der Waals surface area (Å²) < 4.78 is 0. The Morgan fingerprint density at radius 1 is 1.06 bits per heavy atom. The minimum Gasteiger partial charge on any atom is -0.326 e. The summed E-state index contributed by atoms with van der Waals surface area (Å²) in [6.45, 7) is 0. The fraction of sp³-hybridized carbons (Fsp3) is 0.0714. The Morgan fingerprint density at radius 2 is 1.78 bits per heavy atom. The molecular formula is C14H11NO3. The maximum atomic E-state index is 11.7. The van der Waals surface area contributed by atoms with Gasteiger partial charge in [0.1, 0.15) is 0 Å². The van der Waals surface area contributed by atoms with E-state index in [1.54, 1.807) is 24.3 Å². The first kappa shape index (κ1) is 12.0. The predicted molar refractivity (Wildman–Crippen MR) is 66.9 cm³/mol. The predicted octanol–water partition coefficient (Wildman–Crippen LogP) is 1.65. The number of carbonyl (C=O) groups is 3. The molecule has 0 fully saturated rings. The molecule has 0 atom stereocenters. The lowest BCUT2D eigenvalue weighted by atomic mass is 10.0. The van der Waals surface area contributed by atoms with Crippen LogP contribution in [0.4, 0.5) is 5.69 Å². The van der Waals surface area contributed by atoms with Crippen molar-refractivity contribution in [2.45, 2.75) is 6.42 Å². The van der Waals surface area contributed by atoms with Crippen LogP contribution in [0.2, 0.25) is 0 Å². The van der Waals surface area contributed by atoms with Crippen molar-refractivity contribution < 1.29 is 14.4 Å². The molecule has 0 heterocycles. The van der Waals surface area contributed by atoms with Crippen molar-refractivity contribution >= 4 is 23.2 Å². The van der Waals surface area contributed by atoms with Crippen LogP contribution < -0.4 is 5.32 Å². The molecule has 0 unspecified atom stereocenters. The number of hydrogen-bond acceptors (Lipinski definition) is 3. The molecule has 1 aliphatic carbocycles. The van der Waals surface area contributed by atoms with E-state index in [-0.39, 0.29) is 29.5 Å². The largest absolute Gasteiger partial charge is 0.326 e. The highest BCUT2D eigenvalue weighted by atomic mass is 16.2. The zero-order valence-corrected chi connectivity index (χ0v) is 9.55. The lowest BCUT2D eigenvalue weighted by Crippen LogP contribution is -2.17. The molecule has 0 radical (unpaired) electrons. The minimum absolute atomic E-state index is 0.0934. The van der Waals surface area contributed by atoms with Crippen LogP contribution in [-0.4, -0.2) is 17.5 Å². The second-order valence-electron chi connectivity index (χ2n) is 3.86. The standard InChI is InChI=1S/C14H11NO3/c16-12-6-7-13(17)10(8-12)9-14(18)15-11-4-2-1-3-5-11/h1-8H,9H2,(H,15,18). The SMILES string of the molecule is O=C1C=CC(=O)C(CC(=O)Nc2ccccc2)=C1. The number of para-hydroxylation sites is 1. The minimum atomic E-state index is -0.316. The molecule has 1 N–H and O–H groups in total. The van der Waals surface area contributed by atoms with Crippen LogP contribution in [0.3, 0.4) is 0 Å². The van der Waals surface area contributed by atoms with Gasteiger partial charge in [-0.2, -0.15) is 0 Å². The molecule has 90 valence electrons. The lowest BCUT2D eigenvalue weighted by Gasteiger charge is -2.07. The molecule has 0 aromatic heterocycles. The Kier molecular flexibility index (Phi) is 3.48. The van der Waals surface area contributed by atoms with Crippen molar-refractivity contribution in [3.63, 3.8) is 0 Å². The summed E-state index contributed by atoms with van der Waals surface area (Å²) in [5.74, 6) is -0.876. The summed E-state index contributed by atoms with van der Waals surface area (Å²) in [6.07, 6.45) is 3.49. The Balaban J connectivity index is 2.00. The number of nitrogens with one attached hydrogen (secondary N) is 1. The maximum absolute atomic E-state index is 11.7. The van der Waals surface area contributed by atoms with Crippen LogP contribution in [0.1, 0.15) is 6.42 Å². The van der Waals surface area contributed by atoms with Crippen molar-refractivity contribution in [1.82, 2.24) is 0 Å². The van der Waals surface area contributed by atoms with E-state index in [1.807, 2.05) is 6.07 Å². The van der Waals surface area contributed by atoms with Gasteiger partial charge in [0.05, 0.1) is 6.42 Å². The quantitative estimate of drug-likeness (QED) is 0.818. The van der Waals surface area contributed by atoms with E-state index in [1.165, 1.54) is 18.2 Å². The van der Waals surface area contributed by atoms with Gasteiger partial charge in [-0.25, -0.2) is 0 Å². The molecule has 0 saturated carbocycles. The average Bonchev–Trinajstić information content (AvgIpc) is 2.35. The molecule has 0 saturated heterocycles. The van der Waals surface area contributed by atoms with E-state index < -0.39 is 0 Å². The number of amides is 1. The van der Waals surface area contributed by atoms with Gasteiger partial charge in [-0.3, -0.25) is 14.4 Å². The first-order valence-corrected chi connectivity index (χ1v) is 5.47. The normalized spacial score (nSPS) is 14.3. The smallest absolute Gasteiger partial charge is 0.228 e. The Hall–Kier alpha value is -2.49. The highest BCUT2D eigenvalue weighted by Crippen LogP contribution is 2.12. The van der Waals surface area contributed by atoms with Crippen LogP contribution in [0.25, 0.3) is 0 Å².